The van der Waals surface area contributed by atoms with Gasteiger partial charge in [0.25, 0.3) is 0 Å². The van der Waals surface area contributed by atoms with E-state index in [0.717, 1.165) is 5.92 Å². The smallest absolute Gasteiger partial charge is 0 e. The van der Waals surface area contributed by atoms with Crippen LogP contribution in [-0.2, 0) is 19.5 Å². The van der Waals surface area contributed by atoms with Crippen molar-refractivity contribution in [2.45, 2.75) is 32.1 Å². The fraction of sp³-hybridized carbons (Fsp3) is 0.857. The Morgan fingerprint density at radius 1 is 1.11 bits per heavy atom. The molecule has 0 aliphatic heterocycles. The first-order chi connectivity index (χ1) is 3.45. The van der Waals surface area contributed by atoms with E-state index in [2.05, 4.69) is 0 Å². The molecule has 0 radical (unpaired) electrons. The molecule has 2 rings (SSSR count). The van der Waals surface area contributed by atoms with Gasteiger partial charge in [-0.25, -0.2) is 0 Å². The van der Waals surface area contributed by atoms with Crippen molar-refractivity contribution in [1.82, 2.24) is 0 Å². The third-order valence-electron chi connectivity index (χ3n) is 2.39. The van der Waals surface area contributed by atoms with Gasteiger partial charge in [-0.1, -0.05) is 18.8 Å². The minimum Gasteiger partial charge on any atom is -0.313 e. The second-order valence-electron chi connectivity index (χ2n) is 2.90. The molecule has 0 spiro atoms. The summed E-state index contributed by atoms with van der Waals surface area (Å²) in [6.07, 6.45) is 7.50. The topological polar surface area (TPSA) is 0 Å². The van der Waals surface area contributed by atoms with Crippen molar-refractivity contribution in [2.75, 3.05) is 0 Å². The van der Waals surface area contributed by atoms with Gasteiger partial charge in [0.2, 0.25) is 0 Å². The molecule has 0 heterocycles. The quantitative estimate of drug-likeness (QED) is 0.452. The molecule has 9 heavy (non-hydrogen) atoms. The molecule has 0 nitrogen and oxygen atoms in total. The van der Waals surface area contributed by atoms with Crippen LogP contribution in [0.15, 0.2) is 0 Å². The van der Waals surface area contributed by atoms with Crippen molar-refractivity contribution >= 4 is 17.0 Å². The SMILES string of the molecule is Br.C1CC2CC[C-]1C2.[Zn]. The van der Waals surface area contributed by atoms with Crippen molar-refractivity contribution in [3.8, 4) is 0 Å². The van der Waals surface area contributed by atoms with Crippen LogP contribution in [0.3, 0.4) is 0 Å². The van der Waals surface area contributed by atoms with E-state index < -0.39 is 0 Å². The number of hydrogen-bond donors (Lipinski definition) is 0. The van der Waals surface area contributed by atoms with E-state index in [-0.39, 0.29) is 36.5 Å². The van der Waals surface area contributed by atoms with Crippen LogP contribution in [0.1, 0.15) is 32.1 Å². The Morgan fingerprint density at radius 3 is 1.78 bits per heavy atom. The Labute approximate surface area is 80.3 Å². The summed E-state index contributed by atoms with van der Waals surface area (Å²) in [5, 5.41) is 0. The molecule has 2 bridgehead atoms. The molecule has 0 atom stereocenters. The van der Waals surface area contributed by atoms with Crippen molar-refractivity contribution in [3.63, 3.8) is 0 Å². The van der Waals surface area contributed by atoms with Crippen molar-refractivity contribution in [3.05, 3.63) is 5.92 Å². The fourth-order valence-corrected chi connectivity index (χ4v) is 1.90. The zero-order valence-electron chi connectivity index (χ0n) is 5.73. The van der Waals surface area contributed by atoms with E-state index in [4.69, 9.17) is 0 Å². The molecule has 2 aliphatic carbocycles. The van der Waals surface area contributed by atoms with Crippen molar-refractivity contribution in [1.29, 1.82) is 0 Å². The van der Waals surface area contributed by atoms with E-state index in [9.17, 15) is 0 Å². The summed E-state index contributed by atoms with van der Waals surface area (Å²) >= 11 is 0. The minimum absolute atomic E-state index is 0. The second-order valence-corrected chi connectivity index (χ2v) is 2.90. The molecule has 0 aromatic heterocycles. The summed E-state index contributed by atoms with van der Waals surface area (Å²) in [6.45, 7) is 0. The normalized spacial score (nSPS) is 25.3. The van der Waals surface area contributed by atoms with Crippen LogP contribution in [0.4, 0.5) is 0 Å². The summed E-state index contributed by atoms with van der Waals surface area (Å²) in [5.74, 6) is 3.00. The molecular weight excluding hydrogens is 229 g/mol. The van der Waals surface area contributed by atoms with Crippen LogP contribution < -0.4 is 0 Å². The second kappa shape index (κ2) is 4.08. The summed E-state index contributed by atoms with van der Waals surface area (Å²) < 4.78 is 0. The molecule has 0 amide bonds. The third kappa shape index (κ3) is 2.01. The van der Waals surface area contributed by atoms with Crippen LogP contribution in [0, 0.1) is 11.8 Å². The average molecular weight is 241 g/mol. The van der Waals surface area contributed by atoms with E-state index in [1.54, 1.807) is 0 Å². The van der Waals surface area contributed by atoms with Crippen LogP contribution in [0.5, 0.6) is 0 Å². The largest absolute Gasteiger partial charge is 0.313 e. The van der Waals surface area contributed by atoms with Crippen LogP contribution >= 0.6 is 17.0 Å². The number of rotatable bonds is 0. The molecule has 0 saturated heterocycles. The van der Waals surface area contributed by atoms with Gasteiger partial charge in [-0.3, -0.25) is 0 Å². The van der Waals surface area contributed by atoms with Gasteiger partial charge in [0.05, 0.1) is 0 Å². The number of hydrogen-bond acceptors (Lipinski definition) is 0. The monoisotopic (exact) mass is 239 g/mol. The van der Waals surface area contributed by atoms with Gasteiger partial charge in [0, 0.05) is 19.5 Å². The van der Waals surface area contributed by atoms with E-state index in [1.807, 2.05) is 5.92 Å². The molecular formula is C7H12BrZn-. The summed E-state index contributed by atoms with van der Waals surface area (Å²) in [6, 6.07) is 0. The zero-order valence-corrected chi connectivity index (χ0v) is 10.4. The van der Waals surface area contributed by atoms with Gasteiger partial charge in [0.15, 0.2) is 0 Å². The predicted molar refractivity (Wildman–Crippen MR) is 40.1 cm³/mol. The van der Waals surface area contributed by atoms with Gasteiger partial charge in [-0.2, -0.15) is 19.3 Å². The molecule has 0 unspecified atom stereocenters. The fourth-order valence-electron chi connectivity index (χ4n) is 1.90. The van der Waals surface area contributed by atoms with E-state index in [0.29, 0.717) is 0 Å². The zero-order chi connectivity index (χ0) is 4.69. The minimum atomic E-state index is 0. The number of halogens is 1. The maximum absolute atomic E-state index is 1.87. The summed E-state index contributed by atoms with van der Waals surface area (Å²) in [5.41, 5.74) is 0. The van der Waals surface area contributed by atoms with Crippen LogP contribution in [0.25, 0.3) is 0 Å². The maximum Gasteiger partial charge on any atom is 0 e. The molecule has 50 valence electrons. The van der Waals surface area contributed by atoms with Gasteiger partial charge < -0.3 is 5.92 Å². The number of fused-ring (bicyclic) bond motifs is 2. The average Bonchev–Trinajstić information content (AvgIpc) is 2.22. The molecule has 0 aromatic rings. The molecule has 0 N–H and O–H groups in total. The predicted octanol–water partition coefficient (Wildman–Crippen LogP) is 2.73. The van der Waals surface area contributed by atoms with Gasteiger partial charge >= 0.3 is 0 Å². The summed E-state index contributed by atoms with van der Waals surface area (Å²) in [4.78, 5) is 0. The van der Waals surface area contributed by atoms with Crippen molar-refractivity contribution in [2.24, 2.45) is 5.92 Å². The Hall–Kier alpha value is 1.10. The Bertz CT molecular complexity index is 67.0. The van der Waals surface area contributed by atoms with Gasteiger partial charge in [-0.15, -0.1) is 17.0 Å². The Balaban J connectivity index is 0.000000320. The maximum atomic E-state index is 1.87. The molecule has 0 aromatic carbocycles. The molecule has 2 fully saturated rings. The Kier molecular flexibility index (Phi) is 4.58. The first-order valence-corrected chi connectivity index (χ1v) is 3.29. The van der Waals surface area contributed by atoms with Crippen molar-refractivity contribution < 1.29 is 19.5 Å². The summed E-state index contributed by atoms with van der Waals surface area (Å²) in [7, 11) is 0. The van der Waals surface area contributed by atoms with Gasteiger partial charge in [-0.05, 0) is 0 Å². The van der Waals surface area contributed by atoms with E-state index in [1.165, 1.54) is 32.1 Å². The first kappa shape index (κ1) is 10.1. The standard InChI is InChI=1S/C7H11.BrH.Zn/c1-2-7-4-3-6(1)5-7;;/h6H,1-5H2;1H;/q-1;;. The molecule has 2 saturated carbocycles. The Morgan fingerprint density at radius 2 is 1.67 bits per heavy atom. The van der Waals surface area contributed by atoms with E-state index >= 15 is 0 Å². The third-order valence-corrected chi connectivity index (χ3v) is 2.39. The van der Waals surface area contributed by atoms with Gasteiger partial charge in [0.1, 0.15) is 0 Å². The molecule has 2 heteroatoms. The van der Waals surface area contributed by atoms with Crippen LogP contribution in [0.2, 0.25) is 0 Å². The van der Waals surface area contributed by atoms with Crippen LogP contribution in [-0.4, -0.2) is 0 Å². The first-order valence-electron chi connectivity index (χ1n) is 3.29. The molecule has 2 aliphatic rings.